The van der Waals surface area contributed by atoms with Gasteiger partial charge in [0, 0.05) is 22.3 Å². The maximum atomic E-state index is 13.1. The Morgan fingerprint density at radius 1 is 1.21 bits per heavy atom. The second kappa shape index (κ2) is 6.97. The standard InChI is InChI=1S/C18H15BrFN3O/c1-2-23-17(18(24)21-15-5-3-4-13(19)10-15)11-16(22-23)12-6-8-14(20)9-7-12/h3-11H,2H2,1H3,(H,21,24). The third-order valence-electron chi connectivity index (χ3n) is 3.53. The minimum absolute atomic E-state index is 0.240. The molecular formula is C18H15BrFN3O. The monoisotopic (exact) mass is 387 g/mol. The molecule has 0 aliphatic carbocycles. The maximum absolute atomic E-state index is 13.1. The number of anilines is 1. The summed E-state index contributed by atoms with van der Waals surface area (Å²) < 4.78 is 15.6. The number of rotatable bonds is 4. The Labute approximate surface area is 147 Å². The van der Waals surface area contributed by atoms with E-state index in [2.05, 4.69) is 26.3 Å². The average Bonchev–Trinajstić information content (AvgIpc) is 3.00. The van der Waals surface area contributed by atoms with E-state index in [0.29, 0.717) is 23.6 Å². The first-order chi connectivity index (χ1) is 11.6. The number of hydrogen-bond acceptors (Lipinski definition) is 2. The van der Waals surface area contributed by atoms with Crippen LogP contribution in [0.25, 0.3) is 11.3 Å². The predicted octanol–water partition coefficient (Wildman–Crippen LogP) is 4.72. The molecule has 0 saturated carbocycles. The second-order valence-corrected chi connectivity index (χ2v) is 6.12. The number of aryl methyl sites for hydroxylation is 1. The molecule has 0 aliphatic heterocycles. The highest BCUT2D eigenvalue weighted by molar-refractivity contribution is 9.10. The summed E-state index contributed by atoms with van der Waals surface area (Å²) in [5.41, 5.74) is 2.55. The molecule has 4 nitrogen and oxygen atoms in total. The molecular weight excluding hydrogens is 373 g/mol. The Hall–Kier alpha value is -2.47. The molecule has 3 rings (SSSR count). The average molecular weight is 388 g/mol. The largest absolute Gasteiger partial charge is 0.321 e. The van der Waals surface area contributed by atoms with Gasteiger partial charge in [-0.1, -0.05) is 22.0 Å². The van der Waals surface area contributed by atoms with Crippen LogP contribution in [0.2, 0.25) is 0 Å². The molecule has 0 unspecified atom stereocenters. The molecule has 0 fully saturated rings. The summed E-state index contributed by atoms with van der Waals surface area (Å²) in [7, 11) is 0. The molecule has 0 bridgehead atoms. The molecule has 0 aliphatic rings. The van der Waals surface area contributed by atoms with Gasteiger partial charge in [0.1, 0.15) is 11.5 Å². The Morgan fingerprint density at radius 3 is 2.62 bits per heavy atom. The predicted molar refractivity (Wildman–Crippen MR) is 95.4 cm³/mol. The number of halogens is 2. The normalized spacial score (nSPS) is 10.6. The lowest BCUT2D eigenvalue weighted by Gasteiger charge is -2.06. The van der Waals surface area contributed by atoms with Crippen LogP contribution in [0.1, 0.15) is 17.4 Å². The summed E-state index contributed by atoms with van der Waals surface area (Å²) >= 11 is 3.38. The molecule has 6 heteroatoms. The lowest BCUT2D eigenvalue weighted by Crippen LogP contribution is -2.17. The fourth-order valence-electron chi connectivity index (χ4n) is 2.36. The number of amides is 1. The molecule has 3 aromatic rings. The van der Waals surface area contributed by atoms with Crippen molar-refractivity contribution >= 4 is 27.5 Å². The van der Waals surface area contributed by atoms with Crippen LogP contribution in [0.4, 0.5) is 10.1 Å². The molecule has 1 aromatic heterocycles. The number of carbonyl (C=O) groups excluding carboxylic acids is 1. The first kappa shape index (κ1) is 16.4. The van der Waals surface area contributed by atoms with Gasteiger partial charge in [-0.2, -0.15) is 5.10 Å². The first-order valence-corrected chi connectivity index (χ1v) is 8.27. The van der Waals surface area contributed by atoms with E-state index in [1.807, 2.05) is 31.2 Å². The number of benzene rings is 2. The second-order valence-electron chi connectivity index (χ2n) is 5.20. The highest BCUT2D eigenvalue weighted by atomic mass is 79.9. The van der Waals surface area contributed by atoms with E-state index < -0.39 is 0 Å². The fraction of sp³-hybridized carbons (Fsp3) is 0.111. The molecule has 1 heterocycles. The zero-order chi connectivity index (χ0) is 17.1. The van der Waals surface area contributed by atoms with Crippen molar-refractivity contribution in [2.45, 2.75) is 13.5 Å². The number of nitrogens with zero attached hydrogens (tertiary/aromatic N) is 2. The van der Waals surface area contributed by atoms with Gasteiger partial charge in [-0.15, -0.1) is 0 Å². The highest BCUT2D eigenvalue weighted by Crippen LogP contribution is 2.21. The van der Waals surface area contributed by atoms with Crippen LogP contribution in [0.5, 0.6) is 0 Å². The van der Waals surface area contributed by atoms with Crippen molar-refractivity contribution < 1.29 is 9.18 Å². The smallest absolute Gasteiger partial charge is 0.273 e. The molecule has 122 valence electrons. The Balaban J connectivity index is 1.89. The quantitative estimate of drug-likeness (QED) is 0.703. The third kappa shape index (κ3) is 3.54. The van der Waals surface area contributed by atoms with Gasteiger partial charge in [0.25, 0.3) is 5.91 Å². The van der Waals surface area contributed by atoms with Gasteiger partial charge in [-0.05, 0) is 55.5 Å². The minimum atomic E-state index is -0.304. The summed E-state index contributed by atoms with van der Waals surface area (Å²) in [4.78, 5) is 12.6. The summed E-state index contributed by atoms with van der Waals surface area (Å²) in [5.74, 6) is -0.544. The van der Waals surface area contributed by atoms with Crippen LogP contribution in [0.3, 0.4) is 0 Å². The Morgan fingerprint density at radius 2 is 1.96 bits per heavy atom. The van der Waals surface area contributed by atoms with E-state index in [9.17, 15) is 9.18 Å². The van der Waals surface area contributed by atoms with E-state index in [-0.39, 0.29) is 11.7 Å². The van der Waals surface area contributed by atoms with E-state index in [0.717, 1.165) is 10.0 Å². The van der Waals surface area contributed by atoms with Crippen LogP contribution < -0.4 is 5.32 Å². The molecule has 2 aromatic carbocycles. The van der Waals surface area contributed by atoms with Crippen molar-refractivity contribution in [1.82, 2.24) is 9.78 Å². The van der Waals surface area contributed by atoms with Gasteiger partial charge in [0.15, 0.2) is 0 Å². The van der Waals surface area contributed by atoms with Gasteiger partial charge in [-0.3, -0.25) is 9.48 Å². The van der Waals surface area contributed by atoms with Crippen LogP contribution in [-0.4, -0.2) is 15.7 Å². The Kier molecular flexibility index (Phi) is 4.76. The molecule has 0 radical (unpaired) electrons. The first-order valence-electron chi connectivity index (χ1n) is 7.47. The SMILES string of the molecule is CCn1nc(-c2ccc(F)cc2)cc1C(=O)Nc1cccc(Br)c1. The van der Waals surface area contributed by atoms with Crippen molar-refractivity contribution in [3.8, 4) is 11.3 Å². The molecule has 0 saturated heterocycles. The molecule has 1 amide bonds. The summed E-state index contributed by atoms with van der Waals surface area (Å²) in [6.07, 6.45) is 0. The van der Waals surface area contributed by atoms with Crippen LogP contribution in [-0.2, 0) is 6.54 Å². The Bertz CT molecular complexity index is 874. The van der Waals surface area contributed by atoms with E-state index in [1.165, 1.54) is 12.1 Å². The van der Waals surface area contributed by atoms with Crippen LogP contribution in [0.15, 0.2) is 59.1 Å². The molecule has 0 spiro atoms. The third-order valence-corrected chi connectivity index (χ3v) is 4.03. The van der Waals surface area contributed by atoms with Crippen molar-refractivity contribution in [1.29, 1.82) is 0 Å². The summed E-state index contributed by atoms with van der Waals surface area (Å²) in [6.45, 7) is 2.47. The molecule has 24 heavy (non-hydrogen) atoms. The zero-order valence-corrected chi connectivity index (χ0v) is 14.5. The van der Waals surface area contributed by atoms with Gasteiger partial charge in [0.05, 0.1) is 5.69 Å². The van der Waals surface area contributed by atoms with E-state index in [1.54, 1.807) is 22.9 Å². The number of carbonyl (C=O) groups is 1. The zero-order valence-electron chi connectivity index (χ0n) is 13.0. The minimum Gasteiger partial charge on any atom is -0.321 e. The highest BCUT2D eigenvalue weighted by Gasteiger charge is 2.16. The molecule has 1 N–H and O–H groups in total. The van der Waals surface area contributed by atoms with Crippen molar-refractivity contribution in [2.24, 2.45) is 0 Å². The molecule has 0 atom stereocenters. The van der Waals surface area contributed by atoms with Gasteiger partial charge in [0.2, 0.25) is 0 Å². The summed E-state index contributed by atoms with van der Waals surface area (Å²) in [6, 6.07) is 15.1. The lowest BCUT2D eigenvalue weighted by molar-refractivity contribution is 0.101. The van der Waals surface area contributed by atoms with Crippen molar-refractivity contribution in [2.75, 3.05) is 5.32 Å². The van der Waals surface area contributed by atoms with E-state index in [4.69, 9.17) is 0 Å². The van der Waals surface area contributed by atoms with Gasteiger partial charge < -0.3 is 5.32 Å². The topological polar surface area (TPSA) is 46.9 Å². The van der Waals surface area contributed by atoms with Crippen LogP contribution in [0, 0.1) is 5.82 Å². The van der Waals surface area contributed by atoms with Gasteiger partial charge >= 0.3 is 0 Å². The van der Waals surface area contributed by atoms with Crippen molar-refractivity contribution in [3.05, 3.63) is 70.6 Å². The lowest BCUT2D eigenvalue weighted by atomic mass is 10.1. The number of aromatic nitrogens is 2. The van der Waals surface area contributed by atoms with Gasteiger partial charge in [-0.25, -0.2) is 4.39 Å². The summed E-state index contributed by atoms with van der Waals surface area (Å²) in [5, 5.41) is 7.29. The maximum Gasteiger partial charge on any atom is 0.273 e. The number of nitrogens with one attached hydrogen (secondary N) is 1. The number of hydrogen-bond donors (Lipinski definition) is 1. The van der Waals surface area contributed by atoms with Crippen LogP contribution >= 0.6 is 15.9 Å². The van der Waals surface area contributed by atoms with E-state index >= 15 is 0 Å². The fourth-order valence-corrected chi connectivity index (χ4v) is 2.76. The van der Waals surface area contributed by atoms with Crippen molar-refractivity contribution in [3.63, 3.8) is 0 Å².